The predicted molar refractivity (Wildman–Crippen MR) is 173 cm³/mol. The van der Waals surface area contributed by atoms with Gasteiger partial charge in [0.1, 0.15) is 23.4 Å². The van der Waals surface area contributed by atoms with Gasteiger partial charge in [-0.05, 0) is 57.7 Å². The van der Waals surface area contributed by atoms with Crippen molar-refractivity contribution in [3.8, 4) is 5.75 Å². The third kappa shape index (κ3) is 11.1. The minimum absolute atomic E-state index is 0.112. The lowest BCUT2D eigenvalue weighted by Gasteiger charge is -2.36. The smallest absolute Gasteiger partial charge is 0.408 e. The molecule has 9 heteroatoms. The number of phenols is 1. The molecule has 2 aromatic rings. The SMILES string of the molecule is CCCCCCCCN(C(=O)C(NC(=O)OC(C)(C)C)C(C)CC)C(C(=O)Nc1c(C)cccc1Cl)c1ccccc1O. The zero-order chi connectivity index (χ0) is 32.2. The largest absolute Gasteiger partial charge is 0.508 e. The van der Waals surface area contributed by atoms with Crippen molar-refractivity contribution in [1.82, 2.24) is 10.2 Å². The molecule has 0 saturated heterocycles. The number of nitrogens with one attached hydrogen (secondary N) is 2. The van der Waals surface area contributed by atoms with Crippen LogP contribution in [0.5, 0.6) is 5.75 Å². The van der Waals surface area contributed by atoms with Gasteiger partial charge in [0, 0.05) is 12.1 Å². The van der Waals surface area contributed by atoms with E-state index in [1.807, 2.05) is 26.8 Å². The summed E-state index contributed by atoms with van der Waals surface area (Å²) < 4.78 is 5.49. The summed E-state index contributed by atoms with van der Waals surface area (Å²) in [6.45, 7) is 13.3. The predicted octanol–water partition coefficient (Wildman–Crippen LogP) is 8.16. The van der Waals surface area contributed by atoms with Crippen LogP contribution in [-0.2, 0) is 14.3 Å². The van der Waals surface area contributed by atoms with E-state index in [0.717, 1.165) is 37.7 Å². The molecule has 8 nitrogen and oxygen atoms in total. The summed E-state index contributed by atoms with van der Waals surface area (Å²) in [6.07, 6.45) is 5.77. The van der Waals surface area contributed by atoms with Crippen LogP contribution >= 0.6 is 11.6 Å². The number of alkyl carbamates (subject to hydrolysis) is 1. The van der Waals surface area contributed by atoms with Gasteiger partial charge in [-0.1, -0.05) is 101 Å². The molecule has 0 spiro atoms. The fraction of sp³-hybridized carbons (Fsp3) is 0.559. The highest BCUT2D eigenvalue weighted by Gasteiger charge is 2.39. The molecule has 0 aliphatic carbocycles. The first-order valence-corrected chi connectivity index (χ1v) is 15.8. The second kappa shape index (κ2) is 17.1. The molecule has 0 bridgehead atoms. The van der Waals surface area contributed by atoms with E-state index in [0.29, 0.717) is 23.6 Å². The Morgan fingerprint density at radius 1 is 0.977 bits per heavy atom. The Morgan fingerprint density at radius 2 is 1.63 bits per heavy atom. The molecule has 3 unspecified atom stereocenters. The monoisotopic (exact) mass is 615 g/mol. The standard InChI is InChI=1S/C34H50ClN3O5/c1-8-10-11-12-13-16-22-38(32(41)29(23(3)9-2)37-33(42)43-34(5,6)7)30(25-19-14-15-21-27(25)39)31(40)36-28-24(4)18-17-20-26(28)35/h14-15,17-21,23,29-30,39H,8-13,16,22H2,1-7H3,(H,36,40)(H,37,42). The highest BCUT2D eigenvalue weighted by atomic mass is 35.5. The van der Waals surface area contributed by atoms with E-state index in [4.69, 9.17) is 16.3 Å². The summed E-state index contributed by atoms with van der Waals surface area (Å²) in [4.78, 5) is 43.0. The van der Waals surface area contributed by atoms with Gasteiger partial charge < -0.3 is 25.4 Å². The number of benzene rings is 2. The number of halogens is 1. The maximum absolute atomic E-state index is 14.5. The van der Waals surface area contributed by atoms with E-state index < -0.39 is 35.6 Å². The number of rotatable bonds is 15. The van der Waals surface area contributed by atoms with E-state index in [2.05, 4.69) is 17.6 Å². The molecule has 3 amide bonds. The van der Waals surface area contributed by atoms with Crippen LogP contribution in [0.1, 0.15) is 104 Å². The molecule has 238 valence electrons. The molecule has 0 saturated carbocycles. The zero-order valence-electron chi connectivity index (χ0n) is 26.8. The molecular formula is C34H50ClN3O5. The number of carbonyl (C=O) groups excluding carboxylic acids is 3. The minimum Gasteiger partial charge on any atom is -0.508 e. The summed E-state index contributed by atoms with van der Waals surface area (Å²) in [5, 5.41) is 17.0. The van der Waals surface area contributed by atoms with Crippen LogP contribution in [0.15, 0.2) is 42.5 Å². The lowest BCUT2D eigenvalue weighted by molar-refractivity contribution is -0.142. The summed E-state index contributed by atoms with van der Waals surface area (Å²) in [5.74, 6) is -1.31. The number of phenolic OH excluding ortho intramolecular Hbond substituents is 1. The van der Waals surface area contributed by atoms with Crippen LogP contribution in [0.25, 0.3) is 0 Å². The fourth-order valence-electron chi connectivity index (χ4n) is 4.88. The first kappa shape index (κ1) is 35.9. The number of hydrogen-bond acceptors (Lipinski definition) is 5. The quantitative estimate of drug-likeness (QED) is 0.175. The fourth-order valence-corrected chi connectivity index (χ4v) is 5.15. The molecule has 0 aromatic heterocycles. The molecule has 2 aromatic carbocycles. The average molecular weight is 616 g/mol. The molecule has 0 aliphatic rings. The van der Waals surface area contributed by atoms with Crippen LogP contribution in [0, 0.1) is 12.8 Å². The molecular weight excluding hydrogens is 566 g/mol. The van der Waals surface area contributed by atoms with E-state index in [1.165, 1.54) is 11.0 Å². The number of carbonyl (C=O) groups is 3. The van der Waals surface area contributed by atoms with E-state index in [-0.39, 0.29) is 23.8 Å². The van der Waals surface area contributed by atoms with Crippen molar-refractivity contribution in [3.05, 3.63) is 58.6 Å². The number of hydrogen-bond donors (Lipinski definition) is 3. The van der Waals surface area contributed by atoms with Gasteiger partial charge in [0.25, 0.3) is 5.91 Å². The van der Waals surface area contributed by atoms with Crippen LogP contribution in [0.3, 0.4) is 0 Å². The molecule has 2 rings (SSSR count). The lowest BCUT2D eigenvalue weighted by Crippen LogP contribution is -2.55. The van der Waals surface area contributed by atoms with Crippen molar-refractivity contribution in [1.29, 1.82) is 0 Å². The first-order chi connectivity index (χ1) is 20.3. The van der Waals surface area contributed by atoms with Gasteiger partial charge >= 0.3 is 6.09 Å². The molecule has 3 atom stereocenters. The van der Waals surface area contributed by atoms with Gasteiger partial charge in [0.2, 0.25) is 5.91 Å². The number of aromatic hydroxyl groups is 1. The molecule has 43 heavy (non-hydrogen) atoms. The second-order valence-electron chi connectivity index (χ2n) is 12.2. The third-order valence-electron chi connectivity index (χ3n) is 7.45. The van der Waals surface area contributed by atoms with Crippen LogP contribution in [0.4, 0.5) is 10.5 Å². The Hall–Kier alpha value is -3.26. The number of aryl methyl sites for hydroxylation is 1. The lowest BCUT2D eigenvalue weighted by atomic mass is 9.95. The Balaban J connectivity index is 2.58. The normalized spacial score (nSPS) is 13.5. The molecule has 0 radical (unpaired) electrons. The Morgan fingerprint density at radius 3 is 2.23 bits per heavy atom. The Labute approximate surface area is 262 Å². The molecule has 0 heterocycles. The number of amides is 3. The highest BCUT2D eigenvalue weighted by molar-refractivity contribution is 6.34. The second-order valence-corrected chi connectivity index (χ2v) is 12.6. The Bertz CT molecular complexity index is 1190. The van der Waals surface area contributed by atoms with E-state index in [1.54, 1.807) is 51.1 Å². The summed E-state index contributed by atoms with van der Waals surface area (Å²) in [7, 11) is 0. The first-order valence-electron chi connectivity index (χ1n) is 15.4. The van der Waals surface area contributed by atoms with Gasteiger partial charge in [-0.25, -0.2) is 4.79 Å². The van der Waals surface area contributed by atoms with Crippen molar-refractivity contribution in [2.75, 3.05) is 11.9 Å². The average Bonchev–Trinajstić information content (AvgIpc) is 2.94. The summed E-state index contributed by atoms with van der Waals surface area (Å²) in [6, 6.07) is 9.68. The highest BCUT2D eigenvalue weighted by Crippen LogP contribution is 2.33. The van der Waals surface area contributed by atoms with Gasteiger partial charge in [-0.15, -0.1) is 0 Å². The minimum atomic E-state index is -1.19. The van der Waals surface area contributed by atoms with E-state index >= 15 is 0 Å². The maximum Gasteiger partial charge on any atom is 0.408 e. The third-order valence-corrected chi connectivity index (χ3v) is 7.76. The number of para-hydroxylation sites is 2. The van der Waals surface area contributed by atoms with Crippen molar-refractivity contribution >= 4 is 35.2 Å². The van der Waals surface area contributed by atoms with Crippen LogP contribution in [-0.4, -0.2) is 46.1 Å². The van der Waals surface area contributed by atoms with Gasteiger partial charge in [-0.3, -0.25) is 9.59 Å². The van der Waals surface area contributed by atoms with Crippen LogP contribution in [0.2, 0.25) is 5.02 Å². The number of unbranched alkanes of at least 4 members (excludes halogenated alkanes) is 5. The zero-order valence-corrected chi connectivity index (χ0v) is 27.6. The topological polar surface area (TPSA) is 108 Å². The van der Waals surface area contributed by atoms with Gasteiger partial charge in [-0.2, -0.15) is 0 Å². The maximum atomic E-state index is 14.5. The van der Waals surface area contributed by atoms with Crippen molar-refractivity contribution in [3.63, 3.8) is 0 Å². The Kier molecular flexibility index (Phi) is 14.3. The van der Waals surface area contributed by atoms with Crippen LogP contribution < -0.4 is 10.6 Å². The van der Waals surface area contributed by atoms with E-state index in [9.17, 15) is 19.5 Å². The number of nitrogens with zero attached hydrogens (tertiary/aromatic N) is 1. The number of anilines is 1. The molecule has 3 N–H and O–H groups in total. The molecule has 0 fully saturated rings. The van der Waals surface area contributed by atoms with Crippen molar-refractivity contribution < 1.29 is 24.2 Å². The molecule has 0 aliphatic heterocycles. The van der Waals surface area contributed by atoms with Gasteiger partial charge in [0.15, 0.2) is 0 Å². The summed E-state index contributed by atoms with van der Waals surface area (Å²) in [5.41, 5.74) is 0.724. The summed E-state index contributed by atoms with van der Waals surface area (Å²) >= 11 is 6.46. The van der Waals surface area contributed by atoms with Gasteiger partial charge in [0.05, 0.1) is 10.7 Å². The van der Waals surface area contributed by atoms with Crippen molar-refractivity contribution in [2.24, 2.45) is 5.92 Å². The van der Waals surface area contributed by atoms with Crippen molar-refractivity contribution in [2.45, 2.75) is 111 Å². The number of ether oxygens (including phenoxy) is 1.